The normalized spacial score (nSPS) is 12.5. The molecule has 1 unspecified atom stereocenters. The minimum Gasteiger partial charge on any atom is -0.103 e. The molecule has 0 nitrogen and oxygen atoms in total. The van der Waals surface area contributed by atoms with Crippen molar-refractivity contribution in [2.45, 2.75) is 19.3 Å². The van der Waals surface area contributed by atoms with E-state index in [1.54, 1.807) is 0 Å². The summed E-state index contributed by atoms with van der Waals surface area (Å²) < 4.78 is 1.15. The zero-order valence-corrected chi connectivity index (χ0v) is 8.84. The van der Waals surface area contributed by atoms with E-state index in [9.17, 15) is 0 Å². The van der Waals surface area contributed by atoms with Gasteiger partial charge in [0.25, 0.3) is 0 Å². The first-order valence-corrected chi connectivity index (χ1v) is 4.89. The number of allylic oxidation sites excluding steroid dienone is 1. The highest BCUT2D eigenvalue weighted by atomic mass is 79.9. The SMILES string of the molecule is C=CCC(C)c1cccc(Br)c1. The molecule has 0 radical (unpaired) electrons. The van der Waals surface area contributed by atoms with Crippen molar-refractivity contribution in [1.29, 1.82) is 0 Å². The fraction of sp³-hybridized carbons (Fsp3) is 0.273. The molecule has 1 heteroatoms. The predicted molar refractivity (Wildman–Crippen MR) is 57.4 cm³/mol. The number of hydrogen-bond acceptors (Lipinski definition) is 0. The third-order valence-electron chi connectivity index (χ3n) is 1.94. The van der Waals surface area contributed by atoms with Crippen LogP contribution in [-0.4, -0.2) is 0 Å². The topological polar surface area (TPSA) is 0 Å². The van der Waals surface area contributed by atoms with Gasteiger partial charge in [-0.1, -0.05) is 41.1 Å². The molecule has 0 amide bonds. The van der Waals surface area contributed by atoms with Crippen LogP contribution in [0.25, 0.3) is 0 Å². The predicted octanol–water partition coefficient (Wildman–Crippen LogP) is 4.13. The molecule has 0 heterocycles. The average molecular weight is 225 g/mol. The summed E-state index contributed by atoms with van der Waals surface area (Å²) in [5.41, 5.74) is 1.37. The molecule has 0 bridgehead atoms. The molecule has 0 N–H and O–H groups in total. The second-order valence-corrected chi connectivity index (χ2v) is 3.90. The van der Waals surface area contributed by atoms with Crippen LogP contribution in [-0.2, 0) is 0 Å². The highest BCUT2D eigenvalue weighted by molar-refractivity contribution is 9.10. The highest BCUT2D eigenvalue weighted by Gasteiger charge is 2.02. The molecule has 1 rings (SSSR count). The zero-order valence-electron chi connectivity index (χ0n) is 7.26. The van der Waals surface area contributed by atoms with Crippen molar-refractivity contribution in [3.05, 3.63) is 47.0 Å². The van der Waals surface area contributed by atoms with Gasteiger partial charge in [0.15, 0.2) is 0 Å². The fourth-order valence-electron chi connectivity index (χ4n) is 1.20. The van der Waals surface area contributed by atoms with Crippen LogP contribution in [0.3, 0.4) is 0 Å². The third kappa shape index (κ3) is 2.49. The maximum atomic E-state index is 3.74. The lowest BCUT2D eigenvalue weighted by atomic mass is 9.98. The lowest BCUT2D eigenvalue weighted by molar-refractivity contribution is 0.781. The molecule has 1 atom stereocenters. The Hall–Kier alpha value is -0.560. The van der Waals surface area contributed by atoms with Crippen LogP contribution in [0.4, 0.5) is 0 Å². The number of rotatable bonds is 3. The first kappa shape index (κ1) is 9.53. The second kappa shape index (κ2) is 4.46. The van der Waals surface area contributed by atoms with Gasteiger partial charge in [-0.15, -0.1) is 6.58 Å². The molecule has 64 valence electrons. The summed E-state index contributed by atoms with van der Waals surface area (Å²) in [6.07, 6.45) is 3.00. The van der Waals surface area contributed by atoms with E-state index in [0.717, 1.165) is 10.9 Å². The van der Waals surface area contributed by atoms with E-state index >= 15 is 0 Å². The summed E-state index contributed by atoms with van der Waals surface area (Å²) in [5.74, 6) is 0.569. The van der Waals surface area contributed by atoms with Gasteiger partial charge in [-0.2, -0.15) is 0 Å². The van der Waals surface area contributed by atoms with Crippen molar-refractivity contribution in [3.63, 3.8) is 0 Å². The number of hydrogen-bond donors (Lipinski definition) is 0. The summed E-state index contributed by atoms with van der Waals surface area (Å²) >= 11 is 3.46. The minimum atomic E-state index is 0.569. The van der Waals surface area contributed by atoms with Crippen LogP contribution in [0.2, 0.25) is 0 Å². The monoisotopic (exact) mass is 224 g/mol. The van der Waals surface area contributed by atoms with Gasteiger partial charge in [0.2, 0.25) is 0 Å². The Morgan fingerprint density at radius 3 is 2.92 bits per heavy atom. The van der Waals surface area contributed by atoms with Crippen molar-refractivity contribution < 1.29 is 0 Å². The van der Waals surface area contributed by atoms with E-state index in [-0.39, 0.29) is 0 Å². The lowest BCUT2D eigenvalue weighted by Crippen LogP contribution is -1.90. The zero-order chi connectivity index (χ0) is 8.97. The van der Waals surface area contributed by atoms with E-state index in [2.05, 4.69) is 47.6 Å². The van der Waals surface area contributed by atoms with E-state index < -0.39 is 0 Å². The maximum Gasteiger partial charge on any atom is 0.0178 e. The van der Waals surface area contributed by atoms with Gasteiger partial charge in [-0.25, -0.2) is 0 Å². The third-order valence-corrected chi connectivity index (χ3v) is 2.43. The van der Waals surface area contributed by atoms with Gasteiger partial charge < -0.3 is 0 Å². The Balaban J connectivity index is 2.80. The van der Waals surface area contributed by atoms with Gasteiger partial charge in [-0.3, -0.25) is 0 Å². The van der Waals surface area contributed by atoms with E-state index in [1.165, 1.54) is 5.56 Å². The molecule has 0 spiro atoms. The molecule has 12 heavy (non-hydrogen) atoms. The Morgan fingerprint density at radius 1 is 1.58 bits per heavy atom. The smallest absolute Gasteiger partial charge is 0.0178 e. The molecule has 1 aromatic rings. The molecular weight excluding hydrogens is 212 g/mol. The fourth-order valence-corrected chi connectivity index (χ4v) is 1.62. The molecular formula is C11H13Br. The van der Waals surface area contributed by atoms with E-state index in [1.807, 2.05) is 12.1 Å². The van der Waals surface area contributed by atoms with Crippen molar-refractivity contribution in [2.75, 3.05) is 0 Å². The van der Waals surface area contributed by atoms with Crippen LogP contribution < -0.4 is 0 Å². The van der Waals surface area contributed by atoms with Crippen molar-refractivity contribution in [3.8, 4) is 0 Å². The Kier molecular flexibility index (Phi) is 3.54. The van der Waals surface area contributed by atoms with Gasteiger partial charge in [0, 0.05) is 4.47 Å². The van der Waals surface area contributed by atoms with Crippen LogP contribution in [0.15, 0.2) is 41.4 Å². The first-order chi connectivity index (χ1) is 5.74. The molecule has 1 aromatic carbocycles. The largest absolute Gasteiger partial charge is 0.103 e. The highest BCUT2D eigenvalue weighted by Crippen LogP contribution is 2.22. The van der Waals surface area contributed by atoms with Crippen molar-refractivity contribution >= 4 is 15.9 Å². The summed E-state index contributed by atoms with van der Waals surface area (Å²) in [5, 5.41) is 0. The number of benzene rings is 1. The molecule has 0 fully saturated rings. The molecule has 0 aliphatic carbocycles. The summed E-state index contributed by atoms with van der Waals surface area (Å²) in [6.45, 7) is 5.95. The summed E-state index contributed by atoms with van der Waals surface area (Å²) in [4.78, 5) is 0. The van der Waals surface area contributed by atoms with Crippen LogP contribution in [0.5, 0.6) is 0 Å². The second-order valence-electron chi connectivity index (χ2n) is 2.98. The molecule has 0 aliphatic rings. The standard InChI is InChI=1S/C11H13Br/c1-3-5-9(2)10-6-4-7-11(12)8-10/h3-4,6-9H,1,5H2,2H3. The molecule has 0 aromatic heterocycles. The van der Waals surface area contributed by atoms with Crippen LogP contribution >= 0.6 is 15.9 Å². The van der Waals surface area contributed by atoms with E-state index in [4.69, 9.17) is 0 Å². The summed E-state index contributed by atoms with van der Waals surface area (Å²) in [6, 6.07) is 8.43. The quantitative estimate of drug-likeness (QED) is 0.678. The van der Waals surface area contributed by atoms with Gasteiger partial charge in [-0.05, 0) is 30.0 Å². The molecule has 0 aliphatic heterocycles. The lowest BCUT2D eigenvalue weighted by Gasteiger charge is -2.08. The van der Waals surface area contributed by atoms with E-state index in [0.29, 0.717) is 5.92 Å². The van der Waals surface area contributed by atoms with Gasteiger partial charge in [0.05, 0.1) is 0 Å². The van der Waals surface area contributed by atoms with Gasteiger partial charge >= 0.3 is 0 Å². The molecule has 0 saturated carbocycles. The van der Waals surface area contributed by atoms with Gasteiger partial charge in [0.1, 0.15) is 0 Å². The molecule has 0 saturated heterocycles. The minimum absolute atomic E-state index is 0.569. The first-order valence-electron chi connectivity index (χ1n) is 4.10. The Bertz CT molecular complexity index is 265. The maximum absolute atomic E-state index is 3.74. The summed E-state index contributed by atoms with van der Waals surface area (Å²) in [7, 11) is 0. The average Bonchev–Trinajstić information content (AvgIpc) is 2.05. The van der Waals surface area contributed by atoms with Crippen molar-refractivity contribution in [1.82, 2.24) is 0 Å². The Labute approximate surface area is 82.4 Å². The van der Waals surface area contributed by atoms with Crippen LogP contribution in [0.1, 0.15) is 24.8 Å². The van der Waals surface area contributed by atoms with Crippen molar-refractivity contribution in [2.24, 2.45) is 0 Å². The van der Waals surface area contributed by atoms with Crippen LogP contribution in [0, 0.1) is 0 Å². The Morgan fingerprint density at radius 2 is 2.33 bits per heavy atom. The number of halogens is 1.